The Hall–Kier alpha value is -1.57. The summed E-state index contributed by atoms with van der Waals surface area (Å²) in [6.45, 7) is 13.9. The largest absolute Gasteiger partial charge is 0.462 e. The Morgan fingerprint density at radius 1 is 0.733 bits per heavy atom. The van der Waals surface area contributed by atoms with Crippen LogP contribution in [0.2, 0.25) is 0 Å². The number of esters is 1. The van der Waals surface area contributed by atoms with E-state index in [-0.39, 0.29) is 5.97 Å². The molecule has 1 aromatic carbocycles. The molecule has 0 aliphatic rings. The molecule has 1 aromatic rings. The molecule has 0 fully saturated rings. The Kier molecular flexibility index (Phi) is 14.3. The fourth-order valence-corrected chi connectivity index (χ4v) is 3.66. The van der Waals surface area contributed by atoms with Gasteiger partial charge in [-0.3, -0.25) is 0 Å². The molecular formula is C28H46O2. The molecule has 0 heterocycles. The minimum absolute atomic E-state index is 0.212. The smallest absolute Gasteiger partial charge is 0.338 e. The van der Waals surface area contributed by atoms with Crippen molar-refractivity contribution >= 4 is 11.5 Å². The number of hydrogen-bond donors (Lipinski definition) is 0. The summed E-state index contributed by atoms with van der Waals surface area (Å²) in [4.78, 5) is 12.2. The van der Waals surface area contributed by atoms with E-state index in [0.717, 1.165) is 36.7 Å². The summed E-state index contributed by atoms with van der Waals surface area (Å²) in [5.74, 6) is 1.39. The summed E-state index contributed by atoms with van der Waals surface area (Å²) >= 11 is 0. The molecule has 0 atom stereocenters. The van der Waals surface area contributed by atoms with Crippen LogP contribution in [-0.4, -0.2) is 12.6 Å². The quantitative estimate of drug-likeness (QED) is 0.188. The molecule has 0 aliphatic carbocycles. The first-order valence-corrected chi connectivity index (χ1v) is 12.4. The van der Waals surface area contributed by atoms with E-state index in [0.29, 0.717) is 12.2 Å². The van der Waals surface area contributed by atoms with E-state index in [4.69, 9.17) is 4.74 Å². The van der Waals surface area contributed by atoms with E-state index >= 15 is 0 Å². The highest BCUT2D eigenvalue weighted by Crippen LogP contribution is 2.21. The standard InChI is InChI=1S/C28H46O2/c1-23(2)15-11-7-6-8-13-17-25(5)26-18-20-27(21-19-26)28(29)30-22-14-10-9-12-16-24(3)4/h18-21,23-24H,5-17,22H2,1-4H3. The van der Waals surface area contributed by atoms with Crippen molar-refractivity contribution < 1.29 is 9.53 Å². The lowest BCUT2D eigenvalue weighted by Gasteiger charge is -2.09. The minimum Gasteiger partial charge on any atom is -0.462 e. The monoisotopic (exact) mass is 414 g/mol. The number of rotatable bonds is 17. The summed E-state index contributed by atoms with van der Waals surface area (Å²) in [5.41, 5.74) is 2.94. The Morgan fingerprint density at radius 3 is 1.77 bits per heavy atom. The Morgan fingerprint density at radius 2 is 1.20 bits per heavy atom. The summed E-state index contributed by atoms with van der Waals surface area (Å²) < 4.78 is 5.42. The summed E-state index contributed by atoms with van der Waals surface area (Å²) in [6.07, 6.45) is 14.8. The predicted octanol–water partition coefficient (Wildman–Crippen LogP) is 8.85. The lowest BCUT2D eigenvalue weighted by Crippen LogP contribution is -2.06. The van der Waals surface area contributed by atoms with Crippen molar-refractivity contribution in [1.82, 2.24) is 0 Å². The van der Waals surface area contributed by atoms with E-state index < -0.39 is 0 Å². The number of allylic oxidation sites excluding steroid dienone is 1. The summed E-state index contributed by atoms with van der Waals surface area (Å²) in [6, 6.07) is 7.76. The number of ether oxygens (including phenoxy) is 1. The zero-order valence-corrected chi connectivity index (χ0v) is 20.2. The average molecular weight is 415 g/mol. The van der Waals surface area contributed by atoms with Crippen LogP contribution in [0.15, 0.2) is 30.8 Å². The van der Waals surface area contributed by atoms with Crippen LogP contribution in [0, 0.1) is 11.8 Å². The van der Waals surface area contributed by atoms with Gasteiger partial charge in [0.05, 0.1) is 12.2 Å². The number of hydrogen-bond acceptors (Lipinski definition) is 2. The molecular weight excluding hydrogens is 368 g/mol. The molecule has 30 heavy (non-hydrogen) atoms. The van der Waals surface area contributed by atoms with Crippen molar-refractivity contribution in [2.45, 2.75) is 105 Å². The topological polar surface area (TPSA) is 26.3 Å². The molecule has 2 heteroatoms. The molecule has 0 aromatic heterocycles. The fourth-order valence-electron chi connectivity index (χ4n) is 3.66. The maximum atomic E-state index is 12.2. The lowest BCUT2D eigenvalue weighted by molar-refractivity contribution is 0.0497. The molecule has 0 aliphatic heterocycles. The van der Waals surface area contributed by atoms with Crippen molar-refractivity contribution in [3.63, 3.8) is 0 Å². The minimum atomic E-state index is -0.212. The van der Waals surface area contributed by atoms with Gasteiger partial charge in [0.1, 0.15) is 0 Å². The van der Waals surface area contributed by atoms with Crippen molar-refractivity contribution in [3.8, 4) is 0 Å². The molecule has 170 valence electrons. The van der Waals surface area contributed by atoms with Crippen molar-refractivity contribution in [2.24, 2.45) is 11.8 Å². The van der Waals surface area contributed by atoms with Crippen LogP contribution in [0.1, 0.15) is 121 Å². The van der Waals surface area contributed by atoms with Crippen LogP contribution in [0.4, 0.5) is 0 Å². The van der Waals surface area contributed by atoms with Crippen LogP contribution >= 0.6 is 0 Å². The Labute approximate surface area is 186 Å². The molecule has 0 unspecified atom stereocenters. The van der Waals surface area contributed by atoms with E-state index in [1.807, 2.05) is 24.3 Å². The molecule has 0 saturated heterocycles. The normalized spacial score (nSPS) is 11.3. The first-order chi connectivity index (χ1) is 14.4. The highest BCUT2D eigenvalue weighted by atomic mass is 16.5. The van der Waals surface area contributed by atoms with Crippen LogP contribution in [0.3, 0.4) is 0 Å². The molecule has 0 saturated carbocycles. The van der Waals surface area contributed by atoms with Gasteiger partial charge < -0.3 is 4.74 Å². The number of unbranched alkanes of at least 4 members (excludes halogenated alkanes) is 7. The number of carbonyl (C=O) groups excluding carboxylic acids is 1. The van der Waals surface area contributed by atoms with E-state index in [1.54, 1.807) is 0 Å². The van der Waals surface area contributed by atoms with Crippen LogP contribution < -0.4 is 0 Å². The predicted molar refractivity (Wildman–Crippen MR) is 131 cm³/mol. The van der Waals surface area contributed by atoms with Gasteiger partial charge in [-0.2, -0.15) is 0 Å². The van der Waals surface area contributed by atoms with E-state index in [1.165, 1.54) is 63.4 Å². The number of carbonyl (C=O) groups is 1. The molecule has 0 bridgehead atoms. The molecule has 0 amide bonds. The van der Waals surface area contributed by atoms with Gasteiger partial charge in [-0.05, 0) is 54.4 Å². The first-order valence-electron chi connectivity index (χ1n) is 12.4. The van der Waals surface area contributed by atoms with Gasteiger partial charge in [-0.25, -0.2) is 4.79 Å². The first kappa shape index (κ1) is 26.5. The third-order valence-electron chi connectivity index (χ3n) is 5.70. The van der Waals surface area contributed by atoms with Crippen LogP contribution in [0.25, 0.3) is 5.57 Å². The van der Waals surface area contributed by atoms with E-state index in [9.17, 15) is 4.79 Å². The molecule has 0 N–H and O–H groups in total. The second kappa shape index (κ2) is 16.2. The maximum absolute atomic E-state index is 12.2. The zero-order chi connectivity index (χ0) is 22.2. The highest BCUT2D eigenvalue weighted by Gasteiger charge is 2.08. The lowest BCUT2D eigenvalue weighted by atomic mass is 9.99. The highest BCUT2D eigenvalue weighted by molar-refractivity contribution is 5.89. The second-order valence-corrected chi connectivity index (χ2v) is 9.61. The Balaban J connectivity index is 2.18. The van der Waals surface area contributed by atoms with Crippen molar-refractivity contribution in [2.75, 3.05) is 6.61 Å². The Bertz CT molecular complexity index is 530. The van der Waals surface area contributed by atoms with Gasteiger partial charge in [0.25, 0.3) is 0 Å². The van der Waals surface area contributed by atoms with Gasteiger partial charge in [-0.15, -0.1) is 0 Å². The van der Waals surface area contributed by atoms with Gasteiger partial charge >= 0.3 is 5.97 Å². The molecule has 1 rings (SSSR count). The van der Waals surface area contributed by atoms with Crippen LogP contribution in [-0.2, 0) is 4.74 Å². The second-order valence-electron chi connectivity index (χ2n) is 9.61. The van der Waals surface area contributed by atoms with E-state index in [2.05, 4.69) is 34.3 Å². The van der Waals surface area contributed by atoms with Gasteiger partial charge in [0, 0.05) is 0 Å². The SMILES string of the molecule is C=C(CCCCCCCC(C)C)c1ccc(C(=O)OCCCCCCC(C)C)cc1. The fraction of sp³-hybridized carbons (Fsp3) is 0.679. The molecule has 0 radical (unpaired) electrons. The van der Waals surface area contributed by atoms with Gasteiger partial charge in [-0.1, -0.05) is 104 Å². The third-order valence-corrected chi connectivity index (χ3v) is 5.70. The van der Waals surface area contributed by atoms with Gasteiger partial charge in [0.15, 0.2) is 0 Å². The maximum Gasteiger partial charge on any atom is 0.338 e. The average Bonchev–Trinajstić information content (AvgIpc) is 2.71. The molecule has 0 spiro atoms. The number of benzene rings is 1. The van der Waals surface area contributed by atoms with Crippen molar-refractivity contribution in [1.29, 1.82) is 0 Å². The summed E-state index contributed by atoms with van der Waals surface area (Å²) in [5, 5.41) is 0. The third kappa shape index (κ3) is 12.9. The molecule has 2 nitrogen and oxygen atoms in total. The zero-order valence-electron chi connectivity index (χ0n) is 20.2. The van der Waals surface area contributed by atoms with Crippen molar-refractivity contribution in [3.05, 3.63) is 42.0 Å². The van der Waals surface area contributed by atoms with Gasteiger partial charge in [0.2, 0.25) is 0 Å². The van der Waals surface area contributed by atoms with Crippen LogP contribution in [0.5, 0.6) is 0 Å². The summed E-state index contributed by atoms with van der Waals surface area (Å²) in [7, 11) is 0.